The Kier molecular flexibility index (Phi) is 5.70. The largest absolute Gasteiger partial charge is 0.490 e. The van der Waals surface area contributed by atoms with Crippen LogP contribution in [0.5, 0.6) is 5.75 Å². The van der Waals surface area contributed by atoms with Gasteiger partial charge in [-0.15, -0.1) is 0 Å². The highest BCUT2D eigenvalue weighted by Gasteiger charge is 2.23. The van der Waals surface area contributed by atoms with E-state index >= 15 is 8.78 Å². The molecule has 2 heterocycles. The van der Waals surface area contributed by atoms with Crippen LogP contribution in [0.3, 0.4) is 0 Å². The molecular formula is C26H28F2O3. The lowest BCUT2D eigenvalue weighted by molar-refractivity contribution is 0.165. The molecule has 0 bridgehead atoms. The van der Waals surface area contributed by atoms with E-state index < -0.39 is 11.6 Å². The lowest BCUT2D eigenvalue weighted by atomic mass is 9.84. The van der Waals surface area contributed by atoms with E-state index in [9.17, 15) is 0 Å². The molecule has 0 spiro atoms. The van der Waals surface area contributed by atoms with Crippen LogP contribution in [0.2, 0.25) is 0 Å². The zero-order valence-corrected chi connectivity index (χ0v) is 17.9. The maximum absolute atomic E-state index is 15.4. The van der Waals surface area contributed by atoms with E-state index in [0.717, 1.165) is 37.9 Å². The summed E-state index contributed by atoms with van der Waals surface area (Å²) in [5.41, 5.74) is 1.76. The zero-order chi connectivity index (χ0) is 21.4. The lowest BCUT2D eigenvalue weighted by Crippen LogP contribution is -2.12. The Hall–Kier alpha value is -2.40. The highest BCUT2D eigenvalue weighted by molar-refractivity contribution is 6.06. The van der Waals surface area contributed by atoms with Crippen LogP contribution in [-0.2, 0) is 4.74 Å². The number of fused-ring (bicyclic) bond motifs is 3. The molecule has 0 amide bonds. The van der Waals surface area contributed by atoms with Gasteiger partial charge in [0.1, 0.15) is 0 Å². The van der Waals surface area contributed by atoms with Crippen LogP contribution >= 0.6 is 0 Å². The molecule has 2 aliphatic rings. The van der Waals surface area contributed by atoms with E-state index in [1.54, 1.807) is 18.2 Å². The van der Waals surface area contributed by atoms with Gasteiger partial charge in [0, 0.05) is 28.9 Å². The van der Waals surface area contributed by atoms with Crippen LogP contribution in [0.4, 0.5) is 8.78 Å². The number of allylic oxidation sites excluding steroid dienone is 2. The number of benzene rings is 2. The third-order valence-corrected chi connectivity index (χ3v) is 6.71. The molecule has 1 saturated heterocycles. The number of rotatable bonds is 6. The van der Waals surface area contributed by atoms with Crippen molar-refractivity contribution in [3.8, 4) is 5.75 Å². The summed E-state index contributed by atoms with van der Waals surface area (Å²) in [7, 11) is 0. The second-order valence-corrected chi connectivity index (χ2v) is 8.86. The summed E-state index contributed by atoms with van der Waals surface area (Å²) in [5, 5.41) is 1.15. The Morgan fingerprint density at radius 2 is 1.81 bits per heavy atom. The number of halogens is 2. The van der Waals surface area contributed by atoms with Gasteiger partial charge in [-0.2, -0.15) is 4.39 Å². The maximum atomic E-state index is 15.4. The minimum atomic E-state index is -0.576. The van der Waals surface area contributed by atoms with Crippen LogP contribution in [0.25, 0.3) is 27.5 Å². The molecule has 2 unspecified atom stereocenters. The van der Waals surface area contributed by atoms with Crippen LogP contribution < -0.4 is 4.74 Å². The molecule has 3 nitrogen and oxygen atoms in total. The van der Waals surface area contributed by atoms with Crippen molar-refractivity contribution >= 4 is 27.5 Å². The van der Waals surface area contributed by atoms with Crippen LogP contribution in [0.1, 0.15) is 51.0 Å². The van der Waals surface area contributed by atoms with E-state index in [1.807, 2.05) is 6.07 Å². The molecule has 164 valence electrons. The van der Waals surface area contributed by atoms with Crippen molar-refractivity contribution < 1.29 is 22.7 Å². The van der Waals surface area contributed by atoms with Gasteiger partial charge >= 0.3 is 0 Å². The van der Waals surface area contributed by atoms with Gasteiger partial charge in [-0.05, 0) is 55.4 Å². The Morgan fingerprint density at radius 1 is 1.00 bits per heavy atom. The molecule has 1 aromatic heterocycles. The van der Waals surface area contributed by atoms with Crippen molar-refractivity contribution in [3.05, 3.63) is 47.5 Å². The Morgan fingerprint density at radius 3 is 2.52 bits per heavy atom. The van der Waals surface area contributed by atoms with Gasteiger partial charge in [-0.3, -0.25) is 0 Å². The molecule has 0 radical (unpaired) electrons. The SMILES string of the molecule is CCCC1CC=C(c2ccc3c(oc4c(F)c(OCC5CCOC5)ccc43)c2F)CC1. The summed E-state index contributed by atoms with van der Waals surface area (Å²) in [6, 6.07) is 7.00. The first-order valence-electron chi connectivity index (χ1n) is 11.4. The first kappa shape index (κ1) is 20.5. The van der Waals surface area contributed by atoms with Crippen molar-refractivity contribution in [2.24, 2.45) is 11.8 Å². The van der Waals surface area contributed by atoms with Gasteiger partial charge in [0.15, 0.2) is 22.7 Å². The predicted octanol–water partition coefficient (Wildman–Crippen LogP) is 7.26. The molecule has 1 aliphatic heterocycles. The van der Waals surface area contributed by atoms with Gasteiger partial charge in [-0.25, -0.2) is 4.39 Å². The van der Waals surface area contributed by atoms with Gasteiger partial charge in [0.05, 0.1) is 13.2 Å². The molecule has 2 aromatic carbocycles. The summed E-state index contributed by atoms with van der Waals surface area (Å²) in [5.74, 6) is 0.115. The van der Waals surface area contributed by atoms with E-state index in [0.29, 0.717) is 35.5 Å². The molecule has 0 saturated carbocycles. The van der Waals surface area contributed by atoms with Crippen molar-refractivity contribution in [2.75, 3.05) is 19.8 Å². The van der Waals surface area contributed by atoms with Gasteiger partial charge < -0.3 is 13.9 Å². The number of hydrogen-bond acceptors (Lipinski definition) is 3. The first-order valence-corrected chi connectivity index (χ1v) is 11.4. The summed E-state index contributed by atoms with van der Waals surface area (Å²) in [6.07, 6.45) is 8.41. The normalized spacial score (nSPS) is 21.7. The van der Waals surface area contributed by atoms with E-state index in [2.05, 4.69) is 13.0 Å². The standard InChI is InChI=1S/C26H28F2O3/c1-2-3-16-4-6-18(7-5-16)19-8-9-20-21-10-11-22(30-15-17-12-13-29-14-17)24(28)26(21)31-25(20)23(19)27/h6,8-11,16-17H,2-5,7,12-15H2,1H3. The van der Waals surface area contributed by atoms with E-state index in [1.165, 1.54) is 12.8 Å². The lowest BCUT2D eigenvalue weighted by Gasteiger charge is -2.21. The minimum absolute atomic E-state index is 0.0480. The Bertz CT molecular complexity index is 1120. The van der Waals surface area contributed by atoms with Crippen LogP contribution in [0, 0.1) is 23.5 Å². The third-order valence-electron chi connectivity index (χ3n) is 6.71. The van der Waals surface area contributed by atoms with Crippen LogP contribution in [-0.4, -0.2) is 19.8 Å². The summed E-state index contributed by atoms with van der Waals surface area (Å²) < 4.78 is 47.3. The van der Waals surface area contributed by atoms with Crippen molar-refractivity contribution in [3.63, 3.8) is 0 Å². The molecule has 5 heteroatoms. The second-order valence-electron chi connectivity index (χ2n) is 8.86. The molecule has 3 aromatic rings. The average molecular weight is 427 g/mol. The molecular weight excluding hydrogens is 398 g/mol. The van der Waals surface area contributed by atoms with Crippen molar-refractivity contribution in [2.45, 2.75) is 45.4 Å². The van der Waals surface area contributed by atoms with Crippen molar-refractivity contribution in [1.29, 1.82) is 0 Å². The van der Waals surface area contributed by atoms with E-state index in [4.69, 9.17) is 13.9 Å². The Balaban J connectivity index is 1.46. The molecule has 31 heavy (non-hydrogen) atoms. The second kappa shape index (κ2) is 8.62. The number of furan rings is 1. The number of hydrogen-bond donors (Lipinski definition) is 0. The molecule has 1 aliphatic carbocycles. The van der Waals surface area contributed by atoms with Gasteiger partial charge in [-0.1, -0.05) is 31.9 Å². The highest BCUT2D eigenvalue weighted by Crippen LogP contribution is 2.40. The van der Waals surface area contributed by atoms with Crippen LogP contribution in [0.15, 0.2) is 34.8 Å². The summed E-state index contributed by atoms with van der Waals surface area (Å²) >= 11 is 0. The topological polar surface area (TPSA) is 31.6 Å². The third kappa shape index (κ3) is 3.84. The van der Waals surface area contributed by atoms with Gasteiger partial charge in [0.2, 0.25) is 5.82 Å². The maximum Gasteiger partial charge on any atom is 0.208 e. The fourth-order valence-electron chi connectivity index (χ4n) is 4.91. The van der Waals surface area contributed by atoms with Gasteiger partial charge in [0.25, 0.3) is 0 Å². The molecule has 1 fully saturated rings. The highest BCUT2D eigenvalue weighted by atomic mass is 19.1. The average Bonchev–Trinajstić information content (AvgIpc) is 3.43. The first-order chi connectivity index (χ1) is 15.2. The van der Waals surface area contributed by atoms with E-state index in [-0.39, 0.29) is 22.8 Å². The fraction of sp³-hybridized carbons (Fsp3) is 0.462. The predicted molar refractivity (Wildman–Crippen MR) is 118 cm³/mol. The fourth-order valence-corrected chi connectivity index (χ4v) is 4.91. The number of ether oxygens (including phenoxy) is 2. The zero-order valence-electron chi connectivity index (χ0n) is 17.9. The smallest absolute Gasteiger partial charge is 0.208 e. The quantitative estimate of drug-likeness (QED) is 0.416. The summed E-state index contributed by atoms with van der Waals surface area (Å²) in [4.78, 5) is 0. The monoisotopic (exact) mass is 426 g/mol. The van der Waals surface area contributed by atoms with Crippen molar-refractivity contribution in [1.82, 2.24) is 0 Å². The Labute approximate surface area is 181 Å². The minimum Gasteiger partial charge on any atom is -0.490 e. The molecule has 0 N–H and O–H groups in total. The molecule has 2 atom stereocenters. The summed E-state index contributed by atoms with van der Waals surface area (Å²) in [6.45, 7) is 3.95. The molecule has 5 rings (SSSR count).